The molecule has 0 aliphatic heterocycles. The number of rotatable bonds is 3. The number of hydrogen-bond donors (Lipinski definition) is 0. The molecule has 0 N–H and O–H groups in total. The van der Waals surface area contributed by atoms with Gasteiger partial charge in [-0.2, -0.15) is 0 Å². The van der Waals surface area contributed by atoms with Crippen LogP contribution in [0, 0.1) is 0 Å². The number of carbonyl (C=O) groups is 1. The SMILES string of the molecule is COC(=O)c1ccc(OC)nc1C1=CCCC1.[Cs+].[F-]. The van der Waals surface area contributed by atoms with Crippen molar-refractivity contribution >= 4 is 11.5 Å². The number of esters is 1. The molecule has 2 rings (SSSR count). The Morgan fingerprint density at radius 2 is 2.05 bits per heavy atom. The Kier molecular flexibility index (Phi) is 9.21. The molecule has 1 aliphatic carbocycles. The molecular formula is C13H15CsFNO3. The molecule has 0 amide bonds. The summed E-state index contributed by atoms with van der Waals surface area (Å²) < 4.78 is 9.86. The van der Waals surface area contributed by atoms with Crippen molar-refractivity contribution in [3.63, 3.8) is 0 Å². The topological polar surface area (TPSA) is 48.4 Å². The first kappa shape index (κ1) is 19.1. The third-order valence-electron chi connectivity index (χ3n) is 2.83. The Balaban J connectivity index is 0.00000162. The van der Waals surface area contributed by atoms with Crippen LogP contribution in [0.15, 0.2) is 18.2 Å². The normalized spacial score (nSPS) is 12.8. The third-order valence-corrected chi connectivity index (χ3v) is 2.83. The van der Waals surface area contributed by atoms with Gasteiger partial charge in [0.25, 0.3) is 0 Å². The van der Waals surface area contributed by atoms with E-state index in [4.69, 9.17) is 9.47 Å². The van der Waals surface area contributed by atoms with Gasteiger partial charge in [-0.05, 0) is 30.9 Å². The maximum Gasteiger partial charge on any atom is 1.00 e. The smallest absolute Gasteiger partial charge is 1.00 e. The predicted molar refractivity (Wildman–Crippen MR) is 64.0 cm³/mol. The van der Waals surface area contributed by atoms with E-state index in [0.29, 0.717) is 17.1 Å². The Morgan fingerprint density at radius 1 is 1.32 bits per heavy atom. The van der Waals surface area contributed by atoms with Crippen LogP contribution in [0.2, 0.25) is 0 Å². The molecule has 1 aromatic heterocycles. The molecule has 0 saturated heterocycles. The monoisotopic (exact) mass is 385 g/mol. The van der Waals surface area contributed by atoms with Gasteiger partial charge in [-0.15, -0.1) is 0 Å². The average Bonchev–Trinajstić information content (AvgIpc) is 2.91. The molecule has 0 unspecified atom stereocenters. The summed E-state index contributed by atoms with van der Waals surface area (Å²) in [6.07, 6.45) is 5.21. The first-order valence-electron chi connectivity index (χ1n) is 5.59. The van der Waals surface area contributed by atoms with Crippen molar-refractivity contribution in [3.05, 3.63) is 29.5 Å². The van der Waals surface area contributed by atoms with Crippen LogP contribution < -0.4 is 78.3 Å². The van der Waals surface area contributed by atoms with Crippen LogP contribution in [0.5, 0.6) is 5.88 Å². The largest absolute Gasteiger partial charge is 1.00 e. The van der Waals surface area contributed by atoms with Crippen LogP contribution in [0.3, 0.4) is 0 Å². The van der Waals surface area contributed by atoms with Crippen molar-refractivity contribution in [2.24, 2.45) is 0 Å². The molecule has 0 saturated carbocycles. The minimum absolute atomic E-state index is 0. The fraction of sp³-hybridized carbons (Fsp3) is 0.385. The van der Waals surface area contributed by atoms with E-state index < -0.39 is 0 Å². The van der Waals surface area contributed by atoms with E-state index in [9.17, 15) is 4.79 Å². The summed E-state index contributed by atoms with van der Waals surface area (Å²) in [5.74, 6) is 0.156. The molecule has 98 valence electrons. The molecule has 19 heavy (non-hydrogen) atoms. The van der Waals surface area contributed by atoms with E-state index in [1.54, 1.807) is 19.2 Å². The number of pyridine rings is 1. The van der Waals surface area contributed by atoms with Crippen molar-refractivity contribution in [2.45, 2.75) is 19.3 Å². The second kappa shape index (κ2) is 9.15. The molecule has 0 bridgehead atoms. The molecule has 0 fully saturated rings. The van der Waals surface area contributed by atoms with Gasteiger partial charge in [-0.25, -0.2) is 9.78 Å². The van der Waals surface area contributed by atoms with Gasteiger partial charge in [0, 0.05) is 6.07 Å². The van der Waals surface area contributed by atoms with Crippen LogP contribution >= 0.6 is 0 Å². The number of methoxy groups -OCH3 is 2. The van der Waals surface area contributed by atoms with Crippen LogP contribution in [0.25, 0.3) is 5.57 Å². The van der Waals surface area contributed by atoms with E-state index >= 15 is 0 Å². The number of hydrogen-bond acceptors (Lipinski definition) is 4. The average molecular weight is 385 g/mol. The van der Waals surface area contributed by atoms with E-state index in [1.165, 1.54) is 7.11 Å². The van der Waals surface area contributed by atoms with Gasteiger partial charge in [0.15, 0.2) is 0 Å². The minimum Gasteiger partial charge on any atom is -1.00 e. The molecular weight excluding hydrogens is 370 g/mol. The Labute approximate surface area is 170 Å². The van der Waals surface area contributed by atoms with Crippen LogP contribution in [-0.4, -0.2) is 25.2 Å². The number of halogens is 1. The molecule has 0 atom stereocenters. The Morgan fingerprint density at radius 3 is 2.58 bits per heavy atom. The van der Waals surface area contributed by atoms with E-state index in [2.05, 4.69) is 11.1 Å². The van der Waals surface area contributed by atoms with E-state index in [0.717, 1.165) is 24.8 Å². The molecule has 1 aromatic rings. The van der Waals surface area contributed by atoms with Crippen molar-refractivity contribution in [1.82, 2.24) is 4.98 Å². The van der Waals surface area contributed by atoms with E-state index in [1.807, 2.05) is 0 Å². The molecule has 6 heteroatoms. The number of allylic oxidation sites excluding steroid dienone is 2. The molecule has 1 heterocycles. The molecule has 0 radical (unpaired) electrons. The van der Waals surface area contributed by atoms with Crippen molar-refractivity contribution in [2.75, 3.05) is 14.2 Å². The van der Waals surface area contributed by atoms with Crippen LogP contribution in [-0.2, 0) is 4.74 Å². The zero-order valence-electron chi connectivity index (χ0n) is 11.4. The van der Waals surface area contributed by atoms with Crippen molar-refractivity contribution in [1.29, 1.82) is 0 Å². The Hall–Kier alpha value is 0.142. The number of nitrogens with zero attached hydrogens (tertiary/aromatic N) is 1. The summed E-state index contributed by atoms with van der Waals surface area (Å²) in [4.78, 5) is 16.0. The summed E-state index contributed by atoms with van der Waals surface area (Å²) in [7, 11) is 2.94. The molecule has 1 aliphatic rings. The van der Waals surface area contributed by atoms with Crippen LogP contribution in [0.1, 0.15) is 35.3 Å². The summed E-state index contributed by atoms with van der Waals surface area (Å²) in [5, 5.41) is 0. The summed E-state index contributed by atoms with van der Waals surface area (Å²) in [5.41, 5.74) is 2.29. The zero-order valence-corrected chi connectivity index (χ0v) is 17.7. The van der Waals surface area contributed by atoms with Crippen molar-refractivity contribution < 1.29 is 87.9 Å². The van der Waals surface area contributed by atoms with Gasteiger partial charge in [-0.3, -0.25) is 0 Å². The second-order valence-corrected chi connectivity index (χ2v) is 3.86. The number of aromatic nitrogens is 1. The van der Waals surface area contributed by atoms with Gasteiger partial charge in [-0.1, -0.05) is 6.08 Å². The Bertz CT molecular complexity index is 477. The first-order valence-corrected chi connectivity index (χ1v) is 5.59. The minimum atomic E-state index is -0.358. The van der Waals surface area contributed by atoms with Crippen LogP contribution in [0.4, 0.5) is 0 Å². The number of carbonyl (C=O) groups excluding carboxylic acids is 1. The fourth-order valence-electron chi connectivity index (χ4n) is 1.96. The van der Waals surface area contributed by atoms with E-state index in [-0.39, 0.29) is 79.6 Å². The van der Waals surface area contributed by atoms with Gasteiger partial charge in [0.05, 0.1) is 25.5 Å². The predicted octanol–water partition coefficient (Wildman–Crippen LogP) is -3.55. The standard InChI is InChI=1S/C13H15NO3.Cs.FH/c1-16-11-8-7-10(13(15)17-2)12(14-11)9-5-3-4-6-9;;/h5,7-8H,3-4,6H2,1-2H3;;1H/q;+1;/p-1. The third kappa shape index (κ3) is 4.58. The maximum atomic E-state index is 11.7. The van der Waals surface area contributed by atoms with Gasteiger partial charge >= 0.3 is 74.9 Å². The number of ether oxygens (including phenoxy) is 2. The second-order valence-electron chi connectivity index (χ2n) is 3.86. The van der Waals surface area contributed by atoms with Gasteiger partial charge in [0.2, 0.25) is 5.88 Å². The molecule has 4 nitrogen and oxygen atoms in total. The van der Waals surface area contributed by atoms with Gasteiger partial charge < -0.3 is 14.2 Å². The summed E-state index contributed by atoms with van der Waals surface area (Å²) >= 11 is 0. The van der Waals surface area contributed by atoms with Crippen molar-refractivity contribution in [3.8, 4) is 5.88 Å². The zero-order chi connectivity index (χ0) is 12.3. The molecule has 0 spiro atoms. The quantitative estimate of drug-likeness (QED) is 0.506. The first-order chi connectivity index (χ1) is 8.26. The fourth-order valence-corrected chi connectivity index (χ4v) is 1.96. The summed E-state index contributed by atoms with van der Waals surface area (Å²) in [6.45, 7) is 0. The van der Waals surface area contributed by atoms with Gasteiger partial charge in [0.1, 0.15) is 0 Å². The maximum absolute atomic E-state index is 11.7. The molecule has 0 aromatic carbocycles. The summed E-state index contributed by atoms with van der Waals surface area (Å²) in [6, 6.07) is 3.37.